The zero-order valence-corrected chi connectivity index (χ0v) is 13.3. The van der Waals surface area contributed by atoms with Gasteiger partial charge in [-0.2, -0.15) is 0 Å². The van der Waals surface area contributed by atoms with Crippen LogP contribution in [0.15, 0.2) is 0 Å². The lowest BCUT2D eigenvalue weighted by atomic mass is 9.91. The maximum absolute atomic E-state index is 12.3. The second-order valence-electron chi connectivity index (χ2n) is 6.26. The molecule has 19 heavy (non-hydrogen) atoms. The molecule has 1 aliphatic rings. The summed E-state index contributed by atoms with van der Waals surface area (Å²) in [7, 11) is 4.31. The lowest BCUT2D eigenvalue weighted by Gasteiger charge is -2.37. The van der Waals surface area contributed by atoms with Crippen molar-refractivity contribution in [2.24, 2.45) is 5.92 Å². The van der Waals surface area contributed by atoms with Crippen LogP contribution in [-0.4, -0.2) is 55.4 Å². The van der Waals surface area contributed by atoms with Crippen LogP contribution in [0.1, 0.15) is 52.4 Å². The minimum Gasteiger partial charge on any atom is -0.304 e. The van der Waals surface area contributed by atoms with Crippen LogP contribution in [0.3, 0.4) is 0 Å². The minimum atomic E-state index is 0.426. The summed E-state index contributed by atoms with van der Waals surface area (Å²) >= 11 is 0. The van der Waals surface area contributed by atoms with E-state index in [1.807, 2.05) is 0 Å². The molecular weight excluding hydrogens is 236 g/mol. The van der Waals surface area contributed by atoms with Crippen LogP contribution in [0.25, 0.3) is 0 Å². The van der Waals surface area contributed by atoms with Crippen LogP contribution >= 0.6 is 0 Å². The third-order valence-corrected chi connectivity index (χ3v) is 4.50. The summed E-state index contributed by atoms with van der Waals surface area (Å²) in [5.41, 5.74) is 0. The van der Waals surface area contributed by atoms with E-state index in [0.29, 0.717) is 17.7 Å². The molecule has 0 aliphatic carbocycles. The number of nitrogens with zero attached hydrogens (tertiary/aromatic N) is 2. The smallest absolute Gasteiger partial charge is 0.134 e. The van der Waals surface area contributed by atoms with Gasteiger partial charge in [0, 0.05) is 38.5 Å². The number of carbonyl (C=O) groups excluding carboxylic acids is 1. The first-order valence-electron chi connectivity index (χ1n) is 7.97. The molecule has 2 unspecified atom stereocenters. The second-order valence-corrected chi connectivity index (χ2v) is 6.26. The largest absolute Gasteiger partial charge is 0.304 e. The van der Waals surface area contributed by atoms with Gasteiger partial charge >= 0.3 is 0 Å². The highest BCUT2D eigenvalue weighted by Gasteiger charge is 2.25. The van der Waals surface area contributed by atoms with Gasteiger partial charge in [-0.25, -0.2) is 0 Å². The molecule has 0 aromatic carbocycles. The highest BCUT2D eigenvalue weighted by atomic mass is 16.1. The van der Waals surface area contributed by atoms with E-state index >= 15 is 0 Å². The number of likely N-dealkylation sites (N-methyl/N-ethyl adjacent to an activating group) is 2. The van der Waals surface area contributed by atoms with Gasteiger partial charge in [-0.15, -0.1) is 0 Å². The normalized spacial score (nSPS) is 23.5. The van der Waals surface area contributed by atoms with Crippen LogP contribution < -0.4 is 0 Å². The summed E-state index contributed by atoms with van der Waals surface area (Å²) in [5, 5.41) is 0. The average Bonchev–Trinajstić information content (AvgIpc) is 2.38. The van der Waals surface area contributed by atoms with Crippen molar-refractivity contribution in [3.05, 3.63) is 0 Å². The minimum absolute atomic E-state index is 0.426. The molecule has 0 radical (unpaired) electrons. The van der Waals surface area contributed by atoms with Gasteiger partial charge in [0.1, 0.15) is 5.78 Å². The monoisotopic (exact) mass is 268 g/mol. The lowest BCUT2D eigenvalue weighted by molar-refractivity contribution is -0.121. The standard InChI is InChI=1S/C16H32N2O/c1-5-7-8-14(6-2)11-16(19)12-15-13-17(3)9-10-18(15)4/h14-15H,5-13H2,1-4H3. The van der Waals surface area contributed by atoms with Crippen molar-refractivity contribution in [2.75, 3.05) is 33.7 Å². The zero-order valence-electron chi connectivity index (χ0n) is 13.3. The van der Waals surface area contributed by atoms with Crippen LogP contribution in [0.5, 0.6) is 0 Å². The first-order valence-corrected chi connectivity index (χ1v) is 7.97. The predicted molar refractivity (Wildman–Crippen MR) is 81.5 cm³/mol. The zero-order chi connectivity index (χ0) is 14.3. The Bertz CT molecular complexity index is 267. The Morgan fingerprint density at radius 3 is 2.63 bits per heavy atom. The van der Waals surface area contributed by atoms with E-state index in [-0.39, 0.29) is 0 Å². The van der Waals surface area contributed by atoms with Crippen molar-refractivity contribution in [1.29, 1.82) is 0 Å². The molecule has 0 bridgehead atoms. The first kappa shape index (κ1) is 16.6. The summed E-state index contributed by atoms with van der Waals surface area (Å²) in [4.78, 5) is 16.9. The molecule has 2 atom stereocenters. The van der Waals surface area contributed by atoms with Crippen LogP contribution in [-0.2, 0) is 4.79 Å². The van der Waals surface area contributed by atoms with Crippen molar-refractivity contribution < 1.29 is 4.79 Å². The maximum Gasteiger partial charge on any atom is 0.134 e. The molecule has 1 rings (SSSR count). The van der Waals surface area contributed by atoms with E-state index < -0.39 is 0 Å². The molecule has 3 nitrogen and oxygen atoms in total. The molecule has 1 heterocycles. The summed E-state index contributed by atoms with van der Waals surface area (Å²) in [5.74, 6) is 1.08. The van der Waals surface area contributed by atoms with Crippen LogP contribution in [0.4, 0.5) is 0 Å². The average molecular weight is 268 g/mol. The SMILES string of the molecule is CCCCC(CC)CC(=O)CC1CN(C)CCN1C. The predicted octanol–water partition coefficient (Wildman–Crippen LogP) is 2.80. The van der Waals surface area contributed by atoms with Crippen molar-refractivity contribution in [1.82, 2.24) is 9.80 Å². The Morgan fingerprint density at radius 1 is 1.26 bits per heavy atom. The molecule has 1 saturated heterocycles. The number of hydrogen-bond acceptors (Lipinski definition) is 3. The Labute approximate surface area is 119 Å². The molecule has 0 N–H and O–H groups in total. The number of unbranched alkanes of at least 4 members (excludes halogenated alkanes) is 1. The summed E-state index contributed by atoms with van der Waals surface area (Å²) < 4.78 is 0. The number of piperazine rings is 1. The number of rotatable bonds is 8. The van der Waals surface area contributed by atoms with Gasteiger partial charge in [0.05, 0.1) is 0 Å². The number of Topliss-reactive ketones (excluding diaryl/α,β-unsaturated/α-hetero) is 1. The van der Waals surface area contributed by atoms with Gasteiger partial charge in [-0.1, -0.05) is 39.5 Å². The van der Waals surface area contributed by atoms with Crippen molar-refractivity contribution in [3.8, 4) is 0 Å². The van der Waals surface area contributed by atoms with Gasteiger partial charge in [0.2, 0.25) is 0 Å². The fourth-order valence-electron chi connectivity index (χ4n) is 2.93. The van der Waals surface area contributed by atoms with E-state index in [2.05, 4.69) is 37.7 Å². The van der Waals surface area contributed by atoms with Crippen molar-refractivity contribution in [2.45, 2.75) is 58.4 Å². The molecule has 0 saturated carbocycles. The summed E-state index contributed by atoms with van der Waals surface area (Å²) in [6.07, 6.45) is 6.40. The molecule has 0 aromatic heterocycles. The van der Waals surface area contributed by atoms with Gasteiger partial charge in [-0.05, 0) is 20.0 Å². The third-order valence-electron chi connectivity index (χ3n) is 4.50. The fraction of sp³-hybridized carbons (Fsp3) is 0.938. The third kappa shape index (κ3) is 6.05. The van der Waals surface area contributed by atoms with Gasteiger partial charge in [0.15, 0.2) is 0 Å². The molecule has 0 aromatic rings. The molecule has 3 heteroatoms. The van der Waals surface area contributed by atoms with Gasteiger partial charge in [0.25, 0.3) is 0 Å². The quantitative estimate of drug-likeness (QED) is 0.676. The Morgan fingerprint density at radius 2 is 2.00 bits per heavy atom. The molecule has 1 aliphatic heterocycles. The van der Waals surface area contributed by atoms with Gasteiger partial charge in [-0.3, -0.25) is 4.79 Å². The van der Waals surface area contributed by atoms with E-state index in [4.69, 9.17) is 0 Å². The highest BCUT2D eigenvalue weighted by Crippen LogP contribution is 2.19. The number of hydrogen-bond donors (Lipinski definition) is 0. The van der Waals surface area contributed by atoms with E-state index in [1.165, 1.54) is 19.3 Å². The Balaban J connectivity index is 2.36. The maximum atomic E-state index is 12.3. The van der Waals surface area contributed by atoms with Crippen molar-refractivity contribution >= 4 is 5.78 Å². The van der Waals surface area contributed by atoms with E-state index in [0.717, 1.165) is 38.9 Å². The molecule has 0 amide bonds. The Hall–Kier alpha value is -0.410. The molecule has 1 fully saturated rings. The number of ketones is 1. The molecule has 0 spiro atoms. The van der Waals surface area contributed by atoms with Gasteiger partial charge < -0.3 is 9.80 Å². The fourth-order valence-corrected chi connectivity index (χ4v) is 2.93. The summed E-state index contributed by atoms with van der Waals surface area (Å²) in [6, 6.07) is 0.426. The second kappa shape index (κ2) is 8.70. The summed E-state index contributed by atoms with van der Waals surface area (Å²) in [6.45, 7) is 7.68. The lowest BCUT2D eigenvalue weighted by Crippen LogP contribution is -2.50. The number of carbonyl (C=O) groups is 1. The molecular formula is C16H32N2O. The molecule has 112 valence electrons. The first-order chi connectivity index (χ1) is 9.06. The Kier molecular flexibility index (Phi) is 7.62. The van der Waals surface area contributed by atoms with E-state index in [9.17, 15) is 4.79 Å². The highest BCUT2D eigenvalue weighted by molar-refractivity contribution is 5.79. The van der Waals surface area contributed by atoms with E-state index in [1.54, 1.807) is 0 Å². The van der Waals surface area contributed by atoms with Crippen LogP contribution in [0, 0.1) is 5.92 Å². The van der Waals surface area contributed by atoms with Crippen molar-refractivity contribution in [3.63, 3.8) is 0 Å². The topological polar surface area (TPSA) is 23.6 Å². The van der Waals surface area contributed by atoms with Crippen LogP contribution in [0.2, 0.25) is 0 Å².